The summed E-state index contributed by atoms with van der Waals surface area (Å²) in [5.41, 5.74) is 0. The summed E-state index contributed by atoms with van der Waals surface area (Å²) in [4.78, 5) is 21.9. The number of aromatic nitrogens is 1. The molecule has 6 heteroatoms. The normalized spacial score (nSPS) is 21.3. The molecule has 2 N–H and O–H groups in total. The maximum atomic E-state index is 11.1. The number of carbonyl (C=O) groups excluding carboxylic acids is 2. The molecule has 1 aliphatic heterocycles. The summed E-state index contributed by atoms with van der Waals surface area (Å²) in [6, 6.07) is 1.49. The van der Waals surface area contributed by atoms with Crippen LogP contribution in [-0.2, 0) is 14.3 Å². The van der Waals surface area contributed by atoms with Crippen LogP contribution >= 0.6 is 0 Å². The van der Waals surface area contributed by atoms with Crippen LogP contribution < -0.4 is 0 Å². The van der Waals surface area contributed by atoms with E-state index in [1.165, 1.54) is 12.1 Å². The average Bonchev–Trinajstić information content (AvgIpc) is 2.57. The lowest BCUT2D eigenvalue weighted by Crippen LogP contribution is -2.13. The second kappa shape index (κ2) is 2.76. The lowest BCUT2D eigenvalue weighted by Gasteiger charge is -2.09. The van der Waals surface area contributed by atoms with E-state index < -0.39 is 18.0 Å². The smallest absolute Gasteiger partial charge is 0.337 e. The van der Waals surface area contributed by atoms with Gasteiger partial charge in [-0.15, -0.1) is 0 Å². The molecular formula is C8H7NO5. The highest BCUT2D eigenvalue weighted by atomic mass is 16.6. The molecule has 1 aromatic heterocycles. The van der Waals surface area contributed by atoms with Crippen LogP contribution in [0.1, 0.15) is 12.5 Å². The van der Waals surface area contributed by atoms with Crippen LogP contribution in [0.25, 0.3) is 0 Å². The van der Waals surface area contributed by atoms with Crippen LogP contribution in [0.3, 0.4) is 0 Å². The highest BCUT2D eigenvalue weighted by Crippen LogP contribution is 2.32. The van der Waals surface area contributed by atoms with Gasteiger partial charge in [0.15, 0.2) is 11.8 Å². The third-order valence-electron chi connectivity index (χ3n) is 2.03. The number of hydrogen-bond acceptors (Lipinski definition) is 5. The molecule has 0 radical (unpaired) electrons. The maximum absolute atomic E-state index is 11.1. The van der Waals surface area contributed by atoms with Gasteiger partial charge >= 0.3 is 11.9 Å². The lowest BCUT2D eigenvalue weighted by atomic mass is 10.2. The molecule has 2 heterocycles. The molecule has 1 unspecified atom stereocenters. The SMILES string of the molecule is O=C1CC(n2c(O)ccc2O)C(=O)O1. The van der Waals surface area contributed by atoms with Gasteiger partial charge in [0.1, 0.15) is 6.04 Å². The largest absolute Gasteiger partial charge is 0.494 e. The fourth-order valence-electron chi connectivity index (χ4n) is 1.41. The molecule has 0 saturated carbocycles. The lowest BCUT2D eigenvalue weighted by molar-refractivity contribution is -0.153. The summed E-state index contributed by atoms with van der Waals surface area (Å²) < 4.78 is 5.24. The van der Waals surface area contributed by atoms with Crippen molar-refractivity contribution in [3.05, 3.63) is 12.1 Å². The van der Waals surface area contributed by atoms with Gasteiger partial charge < -0.3 is 14.9 Å². The summed E-state index contributed by atoms with van der Waals surface area (Å²) in [7, 11) is 0. The van der Waals surface area contributed by atoms with Crippen molar-refractivity contribution in [1.82, 2.24) is 4.57 Å². The van der Waals surface area contributed by atoms with Crippen LogP contribution in [0.2, 0.25) is 0 Å². The van der Waals surface area contributed by atoms with E-state index in [0.29, 0.717) is 0 Å². The van der Waals surface area contributed by atoms with Crippen LogP contribution in [-0.4, -0.2) is 26.7 Å². The number of cyclic esters (lactones) is 2. The predicted octanol–water partition coefficient (Wildman–Crippen LogP) is -0.0861. The Morgan fingerprint density at radius 1 is 1.29 bits per heavy atom. The van der Waals surface area contributed by atoms with E-state index in [-0.39, 0.29) is 18.2 Å². The van der Waals surface area contributed by atoms with E-state index in [1.54, 1.807) is 0 Å². The van der Waals surface area contributed by atoms with Gasteiger partial charge in [-0.2, -0.15) is 0 Å². The van der Waals surface area contributed by atoms with Crippen molar-refractivity contribution < 1.29 is 24.5 Å². The molecule has 6 nitrogen and oxygen atoms in total. The molecule has 0 aromatic carbocycles. The molecule has 2 rings (SSSR count). The zero-order chi connectivity index (χ0) is 10.3. The predicted molar refractivity (Wildman–Crippen MR) is 42.5 cm³/mol. The Hall–Kier alpha value is -1.98. The van der Waals surface area contributed by atoms with Gasteiger partial charge in [-0.25, -0.2) is 4.79 Å². The topological polar surface area (TPSA) is 88.8 Å². The Kier molecular flexibility index (Phi) is 1.70. The molecule has 0 aliphatic carbocycles. The number of hydrogen-bond donors (Lipinski definition) is 2. The standard InChI is InChI=1S/C8H7NO5/c10-5-1-2-6(11)9(5)4-3-7(12)14-8(4)13/h1-2,4,10-11H,3H2. The van der Waals surface area contributed by atoms with Gasteiger partial charge in [0, 0.05) is 12.1 Å². The molecule has 1 aromatic rings. The molecule has 1 saturated heterocycles. The first-order valence-corrected chi connectivity index (χ1v) is 3.93. The highest BCUT2D eigenvalue weighted by molar-refractivity contribution is 5.96. The van der Waals surface area contributed by atoms with E-state index in [2.05, 4.69) is 4.74 Å². The van der Waals surface area contributed by atoms with E-state index in [1.807, 2.05) is 0 Å². The fraction of sp³-hybridized carbons (Fsp3) is 0.250. The minimum Gasteiger partial charge on any atom is -0.494 e. The van der Waals surface area contributed by atoms with Crippen molar-refractivity contribution in [2.45, 2.75) is 12.5 Å². The fourth-order valence-corrected chi connectivity index (χ4v) is 1.41. The van der Waals surface area contributed by atoms with Crippen molar-refractivity contribution in [2.75, 3.05) is 0 Å². The summed E-state index contributed by atoms with van der Waals surface area (Å²) in [6.45, 7) is 0. The van der Waals surface area contributed by atoms with Gasteiger partial charge in [0.25, 0.3) is 0 Å². The van der Waals surface area contributed by atoms with Crippen molar-refractivity contribution in [1.29, 1.82) is 0 Å². The van der Waals surface area contributed by atoms with E-state index in [4.69, 9.17) is 0 Å². The summed E-state index contributed by atoms with van der Waals surface area (Å²) in [5, 5.41) is 18.6. The van der Waals surface area contributed by atoms with Crippen molar-refractivity contribution in [3.63, 3.8) is 0 Å². The van der Waals surface area contributed by atoms with Crippen molar-refractivity contribution in [3.8, 4) is 11.8 Å². The zero-order valence-corrected chi connectivity index (χ0v) is 7.01. The first-order chi connectivity index (χ1) is 6.59. The molecule has 14 heavy (non-hydrogen) atoms. The number of carbonyl (C=O) groups is 2. The van der Waals surface area contributed by atoms with Gasteiger partial charge in [0.05, 0.1) is 6.42 Å². The number of esters is 2. The summed E-state index contributed by atoms with van der Waals surface area (Å²) >= 11 is 0. The maximum Gasteiger partial charge on any atom is 0.337 e. The second-order valence-corrected chi connectivity index (χ2v) is 2.93. The van der Waals surface area contributed by atoms with Gasteiger partial charge in [-0.1, -0.05) is 0 Å². The molecule has 0 bridgehead atoms. The Balaban J connectivity index is 2.40. The number of rotatable bonds is 1. The van der Waals surface area contributed by atoms with Gasteiger partial charge in [-0.05, 0) is 0 Å². The molecule has 1 atom stereocenters. The highest BCUT2D eigenvalue weighted by Gasteiger charge is 2.37. The molecule has 1 fully saturated rings. The van der Waals surface area contributed by atoms with Crippen LogP contribution in [0.15, 0.2) is 12.1 Å². The van der Waals surface area contributed by atoms with E-state index in [9.17, 15) is 19.8 Å². The monoisotopic (exact) mass is 197 g/mol. The number of ether oxygens (including phenoxy) is 1. The average molecular weight is 197 g/mol. The minimum absolute atomic E-state index is 0.172. The minimum atomic E-state index is -0.961. The van der Waals surface area contributed by atoms with Crippen LogP contribution in [0, 0.1) is 0 Å². The molecule has 1 aliphatic rings. The van der Waals surface area contributed by atoms with Gasteiger partial charge in [0.2, 0.25) is 0 Å². The van der Waals surface area contributed by atoms with Crippen molar-refractivity contribution >= 4 is 11.9 Å². The zero-order valence-electron chi connectivity index (χ0n) is 7.01. The molecule has 0 amide bonds. The Morgan fingerprint density at radius 3 is 2.29 bits per heavy atom. The third-order valence-corrected chi connectivity index (χ3v) is 2.03. The Morgan fingerprint density at radius 2 is 1.86 bits per heavy atom. The second-order valence-electron chi connectivity index (χ2n) is 2.93. The molecule has 0 spiro atoms. The summed E-state index contributed by atoms with van der Waals surface area (Å²) in [5.74, 6) is -1.98. The first-order valence-electron chi connectivity index (χ1n) is 3.93. The molecule has 74 valence electrons. The van der Waals surface area contributed by atoms with E-state index >= 15 is 0 Å². The third kappa shape index (κ3) is 1.12. The first kappa shape index (κ1) is 8.61. The van der Waals surface area contributed by atoms with E-state index in [0.717, 1.165) is 4.57 Å². The van der Waals surface area contributed by atoms with Crippen LogP contribution in [0.5, 0.6) is 11.8 Å². The Bertz CT molecular complexity index is 388. The summed E-state index contributed by atoms with van der Waals surface area (Å²) in [6.07, 6.45) is -0.172. The van der Waals surface area contributed by atoms with Gasteiger partial charge in [-0.3, -0.25) is 9.36 Å². The quantitative estimate of drug-likeness (QED) is 0.485. The number of aromatic hydroxyl groups is 2. The molecular weight excluding hydrogens is 190 g/mol. The number of nitrogens with zero attached hydrogens (tertiary/aromatic N) is 1. The van der Waals surface area contributed by atoms with Crippen molar-refractivity contribution in [2.24, 2.45) is 0 Å². The Labute approximate surface area is 78.3 Å². The van der Waals surface area contributed by atoms with Crippen LogP contribution in [0.4, 0.5) is 0 Å².